The van der Waals surface area contributed by atoms with Gasteiger partial charge in [-0.1, -0.05) is 38.5 Å². The Morgan fingerprint density at radius 3 is 2.35 bits per heavy atom. The van der Waals surface area contributed by atoms with Gasteiger partial charge in [0.15, 0.2) is 0 Å². The Morgan fingerprint density at radius 1 is 1.04 bits per heavy atom. The molecule has 2 aromatic rings. The van der Waals surface area contributed by atoms with Crippen LogP contribution in [0, 0.1) is 0 Å². The Balaban J connectivity index is 1.81. The van der Waals surface area contributed by atoms with Gasteiger partial charge in [-0.3, -0.25) is 0 Å². The minimum Gasteiger partial charge on any atom is -0.399 e. The van der Waals surface area contributed by atoms with Gasteiger partial charge in [0.2, 0.25) is 0 Å². The number of anilines is 1. The van der Waals surface area contributed by atoms with Crippen molar-refractivity contribution in [1.29, 1.82) is 0 Å². The molecular formula is C21H31BN2O2. The van der Waals surface area contributed by atoms with Gasteiger partial charge >= 0.3 is 7.12 Å². The van der Waals surface area contributed by atoms with Gasteiger partial charge in [-0.25, -0.2) is 4.98 Å². The molecule has 1 atom stereocenters. The summed E-state index contributed by atoms with van der Waals surface area (Å²) in [4.78, 5) is 4.61. The van der Waals surface area contributed by atoms with Gasteiger partial charge in [-0.15, -0.1) is 0 Å². The summed E-state index contributed by atoms with van der Waals surface area (Å²) in [6.07, 6.45) is 5.38. The van der Waals surface area contributed by atoms with E-state index in [-0.39, 0.29) is 18.3 Å². The molecule has 0 aliphatic carbocycles. The molecule has 3 rings (SSSR count). The zero-order chi connectivity index (χ0) is 18.9. The number of nitrogens with one attached hydrogen (secondary N) is 1. The third-order valence-corrected chi connectivity index (χ3v) is 5.75. The van der Waals surface area contributed by atoms with Gasteiger partial charge < -0.3 is 14.6 Å². The van der Waals surface area contributed by atoms with Crippen LogP contribution >= 0.6 is 0 Å². The molecule has 0 amide bonds. The Morgan fingerprint density at radius 2 is 1.73 bits per heavy atom. The van der Waals surface area contributed by atoms with Gasteiger partial charge in [-0.2, -0.15) is 0 Å². The number of pyridine rings is 1. The zero-order valence-electron chi connectivity index (χ0n) is 16.9. The van der Waals surface area contributed by atoms with E-state index in [2.05, 4.69) is 76.1 Å². The van der Waals surface area contributed by atoms with Crippen LogP contribution in [0.5, 0.6) is 0 Å². The molecule has 0 spiro atoms. The molecule has 1 aliphatic rings. The lowest BCUT2D eigenvalue weighted by Gasteiger charge is -2.32. The van der Waals surface area contributed by atoms with E-state index < -0.39 is 0 Å². The predicted octanol–water partition coefficient (Wildman–Crippen LogP) is 4.52. The molecule has 26 heavy (non-hydrogen) atoms. The van der Waals surface area contributed by atoms with Gasteiger partial charge in [0.05, 0.1) is 11.2 Å². The molecule has 0 bridgehead atoms. The van der Waals surface area contributed by atoms with E-state index in [0.29, 0.717) is 6.04 Å². The summed E-state index contributed by atoms with van der Waals surface area (Å²) in [7, 11) is -0.337. The molecule has 1 unspecified atom stereocenters. The van der Waals surface area contributed by atoms with Crippen LogP contribution in [0.25, 0.3) is 10.8 Å². The van der Waals surface area contributed by atoms with Crippen molar-refractivity contribution < 1.29 is 9.31 Å². The molecule has 5 heteroatoms. The minimum absolute atomic E-state index is 0.326. The van der Waals surface area contributed by atoms with Gasteiger partial charge in [0, 0.05) is 12.2 Å². The first kappa shape index (κ1) is 19.2. The molecule has 0 saturated carbocycles. The van der Waals surface area contributed by atoms with Crippen LogP contribution in [0.3, 0.4) is 0 Å². The Bertz CT molecular complexity index is 760. The number of rotatable bonds is 6. The predicted molar refractivity (Wildman–Crippen MR) is 110 cm³/mol. The fourth-order valence-electron chi connectivity index (χ4n) is 3.30. The molecule has 0 radical (unpaired) electrons. The highest BCUT2D eigenvalue weighted by atomic mass is 16.7. The lowest BCUT2D eigenvalue weighted by atomic mass is 9.78. The lowest BCUT2D eigenvalue weighted by Crippen LogP contribution is -2.41. The summed E-state index contributed by atoms with van der Waals surface area (Å²) in [6, 6.07) is 8.95. The molecule has 140 valence electrons. The SMILES string of the molecule is CCCC(CC)Nc1cc2ccc(B3OC(C)(C)C(C)(C)O3)cc2cn1. The van der Waals surface area contributed by atoms with E-state index in [9.17, 15) is 0 Å². The third-order valence-electron chi connectivity index (χ3n) is 5.75. The maximum atomic E-state index is 6.16. The summed E-state index contributed by atoms with van der Waals surface area (Å²) in [5, 5.41) is 5.83. The Labute approximate surface area is 157 Å². The van der Waals surface area contributed by atoms with Crippen LogP contribution < -0.4 is 10.8 Å². The second-order valence-corrected chi connectivity index (χ2v) is 8.30. The van der Waals surface area contributed by atoms with Crippen molar-refractivity contribution in [3.8, 4) is 0 Å². The van der Waals surface area contributed by atoms with Crippen molar-refractivity contribution >= 4 is 29.2 Å². The van der Waals surface area contributed by atoms with Gasteiger partial charge in [0.25, 0.3) is 0 Å². The largest absolute Gasteiger partial charge is 0.494 e. The fourth-order valence-corrected chi connectivity index (χ4v) is 3.30. The van der Waals surface area contributed by atoms with E-state index in [4.69, 9.17) is 9.31 Å². The number of nitrogens with zero attached hydrogens (tertiary/aromatic N) is 1. The number of benzene rings is 1. The normalized spacial score (nSPS) is 19.7. The number of aromatic nitrogens is 1. The smallest absolute Gasteiger partial charge is 0.399 e. The molecular weight excluding hydrogens is 323 g/mol. The van der Waals surface area contributed by atoms with E-state index in [1.54, 1.807) is 0 Å². The van der Waals surface area contributed by atoms with Gasteiger partial charge in [0.1, 0.15) is 5.82 Å². The van der Waals surface area contributed by atoms with E-state index >= 15 is 0 Å². The van der Waals surface area contributed by atoms with E-state index in [1.807, 2.05) is 6.20 Å². The number of hydrogen-bond acceptors (Lipinski definition) is 4. The van der Waals surface area contributed by atoms with Crippen LogP contribution in [-0.2, 0) is 9.31 Å². The topological polar surface area (TPSA) is 43.4 Å². The van der Waals surface area contributed by atoms with E-state index in [1.165, 1.54) is 11.8 Å². The van der Waals surface area contributed by atoms with Crippen LogP contribution in [0.4, 0.5) is 5.82 Å². The van der Waals surface area contributed by atoms with Crippen molar-refractivity contribution in [3.05, 3.63) is 30.5 Å². The summed E-state index contributed by atoms with van der Waals surface area (Å²) in [5.41, 5.74) is 0.385. The van der Waals surface area contributed by atoms with Crippen molar-refractivity contribution in [2.24, 2.45) is 0 Å². The highest BCUT2D eigenvalue weighted by molar-refractivity contribution is 6.62. The number of hydrogen-bond donors (Lipinski definition) is 1. The molecule has 1 aromatic carbocycles. The standard InChI is InChI=1S/C21H31BN2O2/c1-7-9-18(8-2)24-19-13-15-10-11-17(12-16(15)14-23-19)22-25-20(3,4)21(5,6)26-22/h10-14,18H,7-9H2,1-6H3,(H,23,24). The molecule has 2 heterocycles. The van der Waals surface area contributed by atoms with Crippen LogP contribution in [0.2, 0.25) is 0 Å². The summed E-state index contributed by atoms with van der Waals surface area (Å²) in [5.74, 6) is 0.946. The third kappa shape index (κ3) is 3.74. The molecule has 1 aromatic heterocycles. The Kier molecular flexibility index (Phi) is 5.31. The molecule has 1 saturated heterocycles. The number of fused-ring (bicyclic) bond motifs is 1. The van der Waals surface area contributed by atoms with Crippen LogP contribution in [-0.4, -0.2) is 29.3 Å². The first-order chi connectivity index (χ1) is 12.3. The average molecular weight is 354 g/mol. The Hall–Kier alpha value is -1.59. The molecule has 1 fully saturated rings. The highest BCUT2D eigenvalue weighted by Gasteiger charge is 2.51. The molecule has 1 aliphatic heterocycles. The van der Waals surface area contributed by atoms with Crippen molar-refractivity contribution in [2.75, 3.05) is 5.32 Å². The summed E-state index contributed by atoms with van der Waals surface area (Å²) >= 11 is 0. The van der Waals surface area contributed by atoms with Crippen LogP contribution in [0.1, 0.15) is 60.8 Å². The maximum Gasteiger partial charge on any atom is 0.494 e. The average Bonchev–Trinajstić information content (AvgIpc) is 2.81. The zero-order valence-corrected chi connectivity index (χ0v) is 16.9. The highest BCUT2D eigenvalue weighted by Crippen LogP contribution is 2.36. The molecule has 4 nitrogen and oxygen atoms in total. The van der Waals surface area contributed by atoms with Crippen molar-refractivity contribution in [3.63, 3.8) is 0 Å². The quantitative estimate of drug-likeness (QED) is 0.775. The van der Waals surface area contributed by atoms with Crippen LogP contribution in [0.15, 0.2) is 30.5 Å². The minimum atomic E-state index is -0.337. The molecule has 1 N–H and O–H groups in total. The van der Waals surface area contributed by atoms with Gasteiger partial charge in [-0.05, 0) is 62.8 Å². The monoisotopic (exact) mass is 354 g/mol. The summed E-state index contributed by atoms with van der Waals surface area (Å²) in [6.45, 7) is 12.7. The second-order valence-electron chi connectivity index (χ2n) is 8.30. The van der Waals surface area contributed by atoms with Crippen molar-refractivity contribution in [2.45, 2.75) is 78.0 Å². The fraction of sp³-hybridized carbons (Fsp3) is 0.571. The first-order valence-electron chi connectivity index (χ1n) is 9.77. The van der Waals surface area contributed by atoms with E-state index in [0.717, 1.165) is 29.5 Å². The maximum absolute atomic E-state index is 6.16. The lowest BCUT2D eigenvalue weighted by molar-refractivity contribution is 0.00578. The van der Waals surface area contributed by atoms with Crippen molar-refractivity contribution in [1.82, 2.24) is 4.98 Å². The summed E-state index contributed by atoms with van der Waals surface area (Å²) < 4.78 is 12.3. The second kappa shape index (κ2) is 7.20. The first-order valence-corrected chi connectivity index (χ1v) is 9.77.